The zero-order valence-electron chi connectivity index (χ0n) is 13.6. The molecule has 0 fully saturated rings. The number of rotatable bonds is 8. The smallest absolute Gasteiger partial charge is 0.160 e. The summed E-state index contributed by atoms with van der Waals surface area (Å²) in [7, 11) is 4.06. The quantitative estimate of drug-likeness (QED) is 0.789. The van der Waals surface area contributed by atoms with Crippen LogP contribution in [0.25, 0.3) is 0 Å². The highest BCUT2D eigenvalue weighted by Crippen LogP contribution is 2.18. The second-order valence-corrected chi connectivity index (χ2v) is 5.88. The van der Waals surface area contributed by atoms with E-state index in [2.05, 4.69) is 47.9 Å². The minimum Gasteiger partial charge on any atom is -0.489 e. The van der Waals surface area contributed by atoms with Crippen LogP contribution in [-0.2, 0) is 6.54 Å². The van der Waals surface area contributed by atoms with Crippen molar-refractivity contribution in [2.45, 2.75) is 46.2 Å². The van der Waals surface area contributed by atoms with E-state index in [1.54, 1.807) is 6.20 Å². The fourth-order valence-electron chi connectivity index (χ4n) is 1.59. The van der Waals surface area contributed by atoms with Crippen LogP contribution in [-0.4, -0.2) is 48.2 Å². The van der Waals surface area contributed by atoms with E-state index >= 15 is 0 Å². The summed E-state index contributed by atoms with van der Waals surface area (Å²) in [6.07, 6.45) is 1.80. The second kappa shape index (κ2) is 8.17. The molecule has 1 heterocycles. The van der Waals surface area contributed by atoms with Gasteiger partial charge in [-0.1, -0.05) is 27.7 Å². The lowest BCUT2D eigenvalue weighted by Crippen LogP contribution is -2.24. The Hall–Kier alpha value is -1.20. The number of hydrogen-bond acceptors (Lipinski definition) is 5. The first-order valence-electron chi connectivity index (χ1n) is 7.27. The van der Waals surface area contributed by atoms with E-state index in [0.717, 1.165) is 23.8 Å². The van der Waals surface area contributed by atoms with E-state index in [1.807, 2.05) is 14.1 Å². The van der Waals surface area contributed by atoms with Crippen LogP contribution in [0.5, 0.6) is 5.75 Å². The highest BCUT2D eigenvalue weighted by Gasteiger charge is 2.11. The van der Waals surface area contributed by atoms with Crippen LogP contribution >= 0.6 is 0 Å². The predicted molar refractivity (Wildman–Crippen MR) is 82.1 cm³/mol. The van der Waals surface area contributed by atoms with Crippen LogP contribution in [0.4, 0.5) is 0 Å². The van der Waals surface area contributed by atoms with Gasteiger partial charge in [0.05, 0.1) is 11.9 Å². The third-order valence-corrected chi connectivity index (χ3v) is 2.84. The van der Waals surface area contributed by atoms with Crippen molar-refractivity contribution in [3.63, 3.8) is 0 Å². The van der Waals surface area contributed by atoms with Crippen LogP contribution < -0.4 is 10.1 Å². The van der Waals surface area contributed by atoms with E-state index in [4.69, 9.17) is 4.74 Å². The molecule has 0 spiro atoms. The molecule has 0 aliphatic rings. The molecule has 1 rings (SSSR count). The Labute approximate surface area is 122 Å². The predicted octanol–water partition coefficient (Wildman–Crippen LogP) is 2.04. The van der Waals surface area contributed by atoms with Crippen molar-refractivity contribution in [3.05, 3.63) is 17.7 Å². The van der Waals surface area contributed by atoms with Crippen molar-refractivity contribution in [2.24, 2.45) is 0 Å². The normalized spacial score (nSPS) is 11.7. The van der Waals surface area contributed by atoms with Gasteiger partial charge in [0.2, 0.25) is 0 Å². The average Bonchev–Trinajstić information content (AvgIpc) is 2.36. The second-order valence-electron chi connectivity index (χ2n) is 5.88. The largest absolute Gasteiger partial charge is 0.489 e. The Kier molecular flexibility index (Phi) is 6.88. The number of likely N-dealkylation sites (N-methyl/N-ethyl adjacent to an activating group) is 1. The third kappa shape index (κ3) is 5.84. The van der Waals surface area contributed by atoms with Gasteiger partial charge in [0.1, 0.15) is 12.4 Å². The minimum absolute atomic E-state index is 0.323. The first-order chi connectivity index (χ1) is 9.40. The van der Waals surface area contributed by atoms with Crippen molar-refractivity contribution in [1.29, 1.82) is 0 Å². The van der Waals surface area contributed by atoms with Crippen LogP contribution in [0, 0.1) is 0 Å². The van der Waals surface area contributed by atoms with Gasteiger partial charge in [-0.15, -0.1) is 0 Å². The molecule has 1 aromatic rings. The first kappa shape index (κ1) is 16.9. The molecular formula is C15H28N4O. The third-order valence-electron chi connectivity index (χ3n) is 2.84. The molecule has 5 heteroatoms. The van der Waals surface area contributed by atoms with E-state index < -0.39 is 0 Å². The maximum atomic E-state index is 5.81. The Morgan fingerprint density at radius 1 is 1.25 bits per heavy atom. The molecular weight excluding hydrogens is 252 g/mol. The fraction of sp³-hybridized carbons (Fsp3) is 0.733. The van der Waals surface area contributed by atoms with Gasteiger partial charge in [-0.25, -0.2) is 9.97 Å². The molecule has 0 aliphatic heterocycles. The minimum atomic E-state index is 0.323. The fourth-order valence-corrected chi connectivity index (χ4v) is 1.59. The SMILES string of the molecule is CC(C)NCc1nc(C(C)C)ncc1OCCN(C)C. The molecule has 0 atom stereocenters. The molecule has 0 saturated carbocycles. The van der Waals surface area contributed by atoms with Gasteiger partial charge in [-0.3, -0.25) is 0 Å². The monoisotopic (exact) mass is 280 g/mol. The molecule has 1 aromatic heterocycles. The molecule has 114 valence electrons. The standard InChI is InChI=1S/C15H28N4O/c1-11(2)15-17-10-14(20-8-7-19(5)6)13(18-15)9-16-12(3)4/h10-12,16H,7-9H2,1-6H3. The molecule has 1 N–H and O–H groups in total. The maximum Gasteiger partial charge on any atom is 0.160 e. The van der Waals surface area contributed by atoms with Gasteiger partial charge in [-0.05, 0) is 14.1 Å². The maximum absolute atomic E-state index is 5.81. The Bertz CT molecular complexity index is 405. The van der Waals surface area contributed by atoms with E-state index in [-0.39, 0.29) is 0 Å². The van der Waals surface area contributed by atoms with Gasteiger partial charge in [0.15, 0.2) is 5.75 Å². The van der Waals surface area contributed by atoms with Crippen LogP contribution in [0.3, 0.4) is 0 Å². The average molecular weight is 280 g/mol. The summed E-state index contributed by atoms with van der Waals surface area (Å²) < 4.78 is 5.81. The number of nitrogens with one attached hydrogen (secondary N) is 1. The van der Waals surface area contributed by atoms with E-state index in [1.165, 1.54) is 0 Å². The highest BCUT2D eigenvalue weighted by atomic mass is 16.5. The number of ether oxygens (including phenoxy) is 1. The summed E-state index contributed by atoms with van der Waals surface area (Å²) in [6.45, 7) is 10.7. The summed E-state index contributed by atoms with van der Waals surface area (Å²) in [5.41, 5.74) is 0.941. The summed E-state index contributed by atoms with van der Waals surface area (Å²) >= 11 is 0. The molecule has 0 amide bonds. The van der Waals surface area contributed by atoms with E-state index in [0.29, 0.717) is 25.1 Å². The molecule has 0 aliphatic carbocycles. The molecule has 0 bridgehead atoms. The Balaban J connectivity index is 2.79. The summed E-state index contributed by atoms with van der Waals surface area (Å²) in [4.78, 5) is 11.1. The van der Waals surface area contributed by atoms with Crippen molar-refractivity contribution >= 4 is 0 Å². The number of nitrogens with zero attached hydrogens (tertiary/aromatic N) is 3. The van der Waals surface area contributed by atoms with Gasteiger partial charge in [-0.2, -0.15) is 0 Å². The summed E-state index contributed by atoms with van der Waals surface area (Å²) in [5, 5.41) is 3.39. The molecule has 20 heavy (non-hydrogen) atoms. The molecule has 5 nitrogen and oxygen atoms in total. The van der Waals surface area contributed by atoms with Crippen molar-refractivity contribution < 1.29 is 4.74 Å². The molecule has 0 unspecified atom stereocenters. The van der Waals surface area contributed by atoms with E-state index in [9.17, 15) is 0 Å². The van der Waals surface area contributed by atoms with Crippen molar-refractivity contribution in [1.82, 2.24) is 20.2 Å². The Morgan fingerprint density at radius 2 is 1.95 bits per heavy atom. The van der Waals surface area contributed by atoms with Gasteiger partial charge in [0.25, 0.3) is 0 Å². The zero-order valence-corrected chi connectivity index (χ0v) is 13.6. The lowest BCUT2D eigenvalue weighted by atomic mass is 10.2. The topological polar surface area (TPSA) is 50.3 Å². The first-order valence-corrected chi connectivity index (χ1v) is 7.27. The summed E-state index contributed by atoms with van der Waals surface area (Å²) in [5.74, 6) is 1.97. The molecule has 0 saturated heterocycles. The lowest BCUT2D eigenvalue weighted by molar-refractivity contribution is 0.256. The van der Waals surface area contributed by atoms with Crippen LogP contribution in [0.15, 0.2) is 6.20 Å². The van der Waals surface area contributed by atoms with Crippen molar-refractivity contribution in [3.8, 4) is 5.75 Å². The van der Waals surface area contributed by atoms with Crippen LogP contribution in [0.1, 0.15) is 45.1 Å². The molecule has 0 aromatic carbocycles. The summed E-state index contributed by atoms with van der Waals surface area (Å²) in [6, 6.07) is 0.419. The van der Waals surface area contributed by atoms with Crippen LogP contribution in [0.2, 0.25) is 0 Å². The van der Waals surface area contributed by atoms with Gasteiger partial charge >= 0.3 is 0 Å². The molecule has 0 radical (unpaired) electrons. The highest BCUT2D eigenvalue weighted by molar-refractivity contribution is 5.25. The number of hydrogen-bond donors (Lipinski definition) is 1. The van der Waals surface area contributed by atoms with Gasteiger partial charge < -0.3 is 15.0 Å². The lowest BCUT2D eigenvalue weighted by Gasteiger charge is -2.16. The van der Waals surface area contributed by atoms with Crippen molar-refractivity contribution in [2.75, 3.05) is 27.2 Å². The zero-order chi connectivity index (χ0) is 15.1. The Morgan fingerprint density at radius 3 is 2.50 bits per heavy atom. The number of aromatic nitrogens is 2. The van der Waals surface area contributed by atoms with Gasteiger partial charge in [0, 0.05) is 25.0 Å².